The van der Waals surface area contributed by atoms with Gasteiger partial charge in [0.2, 0.25) is 5.91 Å². The minimum absolute atomic E-state index is 0.0260. The topological polar surface area (TPSA) is 50.8 Å². The highest BCUT2D eigenvalue weighted by Crippen LogP contribution is 2.34. The summed E-state index contributed by atoms with van der Waals surface area (Å²) in [4.78, 5) is 16.1. The second-order valence-corrected chi connectivity index (χ2v) is 6.74. The van der Waals surface area contributed by atoms with E-state index in [1.54, 1.807) is 37.7 Å². The highest BCUT2D eigenvalue weighted by atomic mass is 32.1. The lowest BCUT2D eigenvalue weighted by Crippen LogP contribution is -2.32. The van der Waals surface area contributed by atoms with Crippen molar-refractivity contribution in [2.75, 3.05) is 32.6 Å². The third-order valence-electron chi connectivity index (χ3n) is 4.26. The van der Waals surface area contributed by atoms with Crippen LogP contribution in [0.1, 0.15) is 23.8 Å². The molecule has 5 nitrogen and oxygen atoms in total. The van der Waals surface area contributed by atoms with Crippen LogP contribution >= 0.6 is 11.3 Å². The van der Waals surface area contributed by atoms with Crippen LogP contribution in [-0.4, -0.2) is 38.1 Å². The highest BCUT2D eigenvalue weighted by molar-refractivity contribution is 7.10. The molecule has 1 N–H and O–H groups in total. The smallest absolute Gasteiger partial charge is 0.238 e. The molecule has 1 aliphatic heterocycles. The average molecular weight is 346 g/mol. The van der Waals surface area contributed by atoms with Crippen molar-refractivity contribution in [2.24, 2.45) is 0 Å². The van der Waals surface area contributed by atoms with Gasteiger partial charge in [0.05, 0.1) is 26.5 Å². The Bertz CT molecular complexity index is 688. The highest BCUT2D eigenvalue weighted by Gasteiger charge is 2.28. The molecule has 1 saturated heterocycles. The van der Waals surface area contributed by atoms with Crippen LogP contribution in [0.25, 0.3) is 0 Å². The molecule has 0 aliphatic carbocycles. The summed E-state index contributed by atoms with van der Waals surface area (Å²) in [6.07, 6.45) is 2.24. The number of nitrogens with one attached hydrogen (secondary N) is 1. The summed E-state index contributed by atoms with van der Waals surface area (Å²) in [7, 11) is 3.18. The van der Waals surface area contributed by atoms with Crippen LogP contribution in [0.3, 0.4) is 0 Å². The molecule has 2 aromatic rings. The Kier molecular flexibility index (Phi) is 5.37. The quantitative estimate of drug-likeness (QED) is 0.869. The summed E-state index contributed by atoms with van der Waals surface area (Å²) in [5.41, 5.74) is 0.662. The molecule has 24 heavy (non-hydrogen) atoms. The van der Waals surface area contributed by atoms with Crippen LogP contribution < -0.4 is 14.8 Å². The van der Waals surface area contributed by atoms with Crippen molar-refractivity contribution < 1.29 is 14.3 Å². The Labute approximate surface area is 146 Å². The summed E-state index contributed by atoms with van der Waals surface area (Å²) >= 11 is 1.76. The van der Waals surface area contributed by atoms with Gasteiger partial charge in [0.15, 0.2) is 0 Å². The third-order valence-corrected chi connectivity index (χ3v) is 5.24. The van der Waals surface area contributed by atoms with E-state index in [-0.39, 0.29) is 5.91 Å². The van der Waals surface area contributed by atoms with Crippen molar-refractivity contribution in [3.8, 4) is 11.5 Å². The molecule has 2 heterocycles. The molecule has 128 valence electrons. The van der Waals surface area contributed by atoms with Crippen LogP contribution in [-0.2, 0) is 4.79 Å². The number of benzene rings is 1. The van der Waals surface area contributed by atoms with E-state index in [1.165, 1.54) is 4.88 Å². The molecule has 1 atom stereocenters. The van der Waals surface area contributed by atoms with Gasteiger partial charge in [0, 0.05) is 17.0 Å². The Balaban J connectivity index is 1.65. The van der Waals surface area contributed by atoms with Crippen LogP contribution in [0.2, 0.25) is 0 Å². The molecule has 6 heteroatoms. The normalized spacial score (nSPS) is 17.7. The van der Waals surface area contributed by atoms with E-state index in [2.05, 4.69) is 27.7 Å². The number of hydrogen-bond donors (Lipinski definition) is 1. The van der Waals surface area contributed by atoms with Gasteiger partial charge in [0.1, 0.15) is 11.5 Å². The summed E-state index contributed by atoms with van der Waals surface area (Å²) in [5, 5.41) is 5.04. The zero-order chi connectivity index (χ0) is 16.9. The largest absolute Gasteiger partial charge is 0.497 e. The molecule has 0 radical (unpaired) electrons. The molecular formula is C18H22N2O3S. The fourth-order valence-corrected chi connectivity index (χ4v) is 3.99. The molecule has 0 bridgehead atoms. The van der Waals surface area contributed by atoms with Crippen molar-refractivity contribution >= 4 is 22.9 Å². The second kappa shape index (κ2) is 7.68. The van der Waals surface area contributed by atoms with E-state index >= 15 is 0 Å². The predicted octanol–water partition coefficient (Wildman–Crippen LogP) is 3.54. The Hall–Kier alpha value is -2.05. The molecule has 0 spiro atoms. The number of carbonyl (C=O) groups is 1. The number of carbonyl (C=O) groups excluding carboxylic acids is 1. The van der Waals surface area contributed by atoms with Crippen LogP contribution in [0.4, 0.5) is 5.69 Å². The van der Waals surface area contributed by atoms with Gasteiger partial charge >= 0.3 is 0 Å². The summed E-state index contributed by atoms with van der Waals surface area (Å²) in [5.74, 6) is 1.27. The molecular weight excluding hydrogens is 324 g/mol. The van der Waals surface area contributed by atoms with Crippen molar-refractivity contribution in [1.29, 1.82) is 0 Å². The first-order valence-corrected chi connectivity index (χ1v) is 8.88. The summed E-state index contributed by atoms with van der Waals surface area (Å²) in [6, 6.07) is 9.95. The number of thiophene rings is 1. The number of amides is 1. The summed E-state index contributed by atoms with van der Waals surface area (Å²) < 4.78 is 10.5. The van der Waals surface area contributed by atoms with Gasteiger partial charge in [0.25, 0.3) is 0 Å². The van der Waals surface area contributed by atoms with E-state index < -0.39 is 0 Å². The Morgan fingerprint density at radius 2 is 2.21 bits per heavy atom. The molecule has 1 amide bonds. The van der Waals surface area contributed by atoms with E-state index in [0.717, 1.165) is 19.4 Å². The van der Waals surface area contributed by atoms with Crippen LogP contribution in [0, 0.1) is 0 Å². The maximum absolute atomic E-state index is 12.5. The van der Waals surface area contributed by atoms with E-state index in [4.69, 9.17) is 9.47 Å². The fraction of sp³-hybridized carbons (Fsp3) is 0.389. The lowest BCUT2D eigenvalue weighted by molar-refractivity contribution is -0.117. The number of rotatable bonds is 6. The SMILES string of the molecule is COc1ccc(NC(=O)CN2CCC[C@@H]2c2cccs2)c(OC)c1. The molecule has 0 unspecified atom stereocenters. The first kappa shape index (κ1) is 16.8. The monoisotopic (exact) mass is 346 g/mol. The maximum Gasteiger partial charge on any atom is 0.238 e. The lowest BCUT2D eigenvalue weighted by Gasteiger charge is -2.23. The fourth-order valence-electron chi connectivity index (χ4n) is 3.09. The van der Waals surface area contributed by atoms with Gasteiger partial charge < -0.3 is 14.8 Å². The third kappa shape index (κ3) is 3.71. The number of ether oxygens (including phenoxy) is 2. The standard InChI is InChI=1S/C18H22N2O3S/c1-22-13-7-8-14(16(11-13)23-2)19-18(21)12-20-9-3-5-15(20)17-6-4-10-24-17/h4,6-8,10-11,15H,3,5,9,12H2,1-2H3,(H,19,21)/t15-/m1/s1. The van der Waals surface area contributed by atoms with E-state index in [1.807, 2.05) is 6.07 Å². The average Bonchev–Trinajstić information content (AvgIpc) is 3.26. The van der Waals surface area contributed by atoms with E-state index in [9.17, 15) is 4.79 Å². The van der Waals surface area contributed by atoms with E-state index in [0.29, 0.717) is 29.8 Å². The van der Waals surface area contributed by atoms with Gasteiger partial charge in [-0.25, -0.2) is 0 Å². The molecule has 0 saturated carbocycles. The first-order valence-electron chi connectivity index (χ1n) is 8.00. The van der Waals surface area contributed by atoms with Crippen molar-refractivity contribution in [1.82, 2.24) is 4.90 Å². The van der Waals surface area contributed by atoms with Gasteiger partial charge in [-0.15, -0.1) is 11.3 Å². The first-order chi connectivity index (χ1) is 11.7. The van der Waals surface area contributed by atoms with Gasteiger partial charge in [-0.05, 0) is 43.0 Å². The molecule has 1 aromatic carbocycles. The number of hydrogen-bond acceptors (Lipinski definition) is 5. The Morgan fingerprint density at radius 3 is 2.92 bits per heavy atom. The van der Waals surface area contributed by atoms with Crippen LogP contribution in [0.5, 0.6) is 11.5 Å². The number of likely N-dealkylation sites (tertiary alicyclic amines) is 1. The van der Waals surface area contributed by atoms with Gasteiger partial charge in [-0.2, -0.15) is 0 Å². The van der Waals surface area contributed by atoms with Crippen molar-refractivity contribution in [3.63, 3.8) is 0 Å². The molecule has 1 fully saturated rings. The number of nitrogens with zero attached hydrogens (tertiary/aromatic N) is 1. The van der Waals surface area contributed by atoms with Gasteiger partial charge in [-0.1, -0.05) is 6.07 Å². The Morgan fingerprint density at radius 1 is 1.33 bits per heavy atom. The second-order valence-electron chi connectivity index (χ2n) is 5.76. The number of anilines is 1. The molecule has 1 aromatic heterocycles. The minimum atomic E-state index is -0.0260. The van der Waals surface area contributed by atoms with Crippen molar-refractivity contribution in [2.45, 2.75) is 18.9 Å². The number of methoxy groups -OCH3 is 2. The van der Waals surface area contributed by atoms with Gasteiger partial charge in [-0.3, -0.25) is 9.69 Å². The minimum Gasteiger partial charge on any atom is -0.497 e. The van der Waals surface area contributed by atoms with Crippen LogP contribution in [0.15, 0.2) is 35.7 Å². The zero-order valence-electron chi connectivity index (χ0n) is 14.0. The zero-order valence-corrected chi connectivity index (χ0v) is 14.8. The van der Waals surface area contributed by atoms with Crippen molar-refractivity contribution in [3.05, 3.63) is 40.6 Å². The predicted molar refractivity (Wildman–Crippen MR) is 96.0 cm³/mol. The molecule has 1 aliphatic rings. The lowest BCUT2D eigenvalue weighted by atomic mass is 10.2. The molecule has 3 rings (SSSR count). The summed E-state index contributed by atoms with van der Waals surface area (Å²) in [6.45, 7) is 1.34. The maximum atomic E-state index is 12.5.